The van der Waals surface area contributed by atoms with Gasteiger partial charge in [-0.25, -0.2) is 17.9 Å². The molecule has 7 heteroatoms. The average molecular weight is 241 g/mol. The Morgan fingerprint density at radius 2 is 1.94 bits per heavy atom. The van der Waals surface area contributed by atoms with Gasteiger partial charge >= 0.3 is 5.69 Å². The predicted octanol–water partition coefficient (Wildman–Crippen LogP) is 0.154. The van der Waals surface area contributed by atoms with Gasteiger partial charge in [0.15, 0.2) is 0 Å². The molecule has 2 aromatic rings. The van der Waals surface area contributed by atoms with Crippen LogP contribution in [0.5, 0.6) is 0 Å². The first-order valence-electron chi connectivity index (χ1n) is 4.74. The van der Waals surface area contributed by atoms with Crippen molar-refractivity contribution in [2.45, 2.75) is 11.8 Å². The molecule has 0 radical (unpaired) electrons. The molecule has 0 fully saturated rings. The Hall–Kier alpha value is -1.60. The van der Waals surface area contributed by atoms with Crippen LogP contribution in [0.15, 0.2) is 27.9 Å². The molecule has 0 bridgehead atoms. The summed E-state index contributed by atoms with van der Waals surface area (Å²) in [5.41, 5.74) is 0.706. The van der Waals surface area contributed by atoms with Gasteiger partial charge in [-0.15, -0.1) is 0 Å². The summed E-state index contributed by atoms with van der Waals surface area (Å²) in [7, 11) is -3.48. The minimum atomic E-state index is -3.48. The second kappa shape index (κ2) is 3.76. The lowest BCUT2D eigenvalue weighted by molar-refractivity contribution is 0.584. The Balaban J connectivity index is 2.59. The number of rotatable bonds is 3. The number of sulfonamides is 1. The van der Waals surface area contributed by atoms with Crippen LogP contribution in [0.4, 0.5) is 0 Å². The molecule has 1 aromatic carbocycles. The van der Waals surface area contributed by atoms with Crippen LogP contribution >= 0.6 is 0 Å². The van der Waals surface area contributed by atoms with Crippen LogP contribution in [-0.2, 0) is 10.0 Å². The van der Waals surface area contributed by atoms with E-state index in [1.165, 1.54) is 12.1 Å². The zero-order valence-corrected chi connectivity index (χ0v) is 9.39. The molecule has 86 valence electrons. The molecular formula is C9H11N3O3S. The van der Waals surface area contributed by atoms with Gasteiger partial charge in [-0.3, -0.25) is 0 Å². The van der Waals surface area contributed by atoms with E-state index >= 15 is 0 Å². The van der Waals surface area contributed by atoms with Gasteiger partial charge in [0, 0.05) is 6.54 Å². The van der Waals surface area contributed by atoms with Crippen molar-refractivity contribution in [2.24, 2.45) is 0 Å². The fourth-order valence-corrected chi connectivity index (χ4v) is 2.52. The Morgan fingerprint density at radius 1 is 1.25 bits per heavy atom. The Morgan fingerprint density at radius 3 is 2.62 bits per heavy atom. The Bertz CT molecular complexity index is 669. The summed E-state index contributed by atoms with van der Waals surface area (Å²) in [6.45, 7) is 2.03. The van der Waals surface area contributed by atoms with Crippen molar-refractivity contribution in [1.29, 1.82) is 0 Å². The number of aromatic amines is 2. The minimum Gasteiger partial charge on any atom is -0.306 e. The molecule has 3 N–H and O–H groups in total. The zero-order valence-electron chi connectivity index (χ0n) is 8.57. The van der Waals surface area contributed by atoms with E-state index in [0.717, 1.165) is 0 Å². The van der Waals surface area contributed by atoms with E-state index in [9.17, 15) is 13.2 Å². The van der Waals surface area contributed by atoms with E-state index in [-0.39, 0.29) is 10.6 Å². The molecule has 0 aliphatic heterocycles. The van der Waals surface area contributed by atoms with Crippen LogP contribution in [-0.4, -0.2) is 24.9 Å². The number of imidazole rings is 1. The van der Waals surface area contributed by atoms with E-state index in [4.69, 9.17) is 0 Å². The van der Waals surface area contributed by atoms with Crippen molar-refractivity contribution < 1.29 is 8.42 Å². The maximum absolute atomic E-state index is 11.7. The van der Waals surface area contributed by atoms with Crippen molar-refractivity contribution in [3.8, 4) is 0 Å². The van der Waals surface area contributed by atoms with Crippen LogP contribution in [0.3, 0.4) is 0 Å². The predicted molar refractivity (Wildman–Crippen MR) is 59.8 cm³/mol. The highest BCUT2D eigenvalue weighted by molar-refractivity contribution is 7.89. The van der Waals surface area contributed by atoms with Gasteiger partial charge in [0.25, 0.3) is 0 Å². The number of aromatic nitrogens is 2. The van der Waals surface area contributed by atoms with E-state index in [2.05, 4.69) is 14.7 Å². The second-order valence-corrected chi connectivity index (χ2v) is 5.05. The first kappa shape index (κ1) is 10.9. The van der Waals surface area contributed by atoms with E-state index in [0.29, 0.717) is 17.6 Å². The molecule has 0 spiro atoms. The van der Waals surface area contributed by atoms with Gasteiger partial charge in [-0.1, -0.05) is 6.92 Å². The molecule has 0 aliphatic carbocycles. The SMILES string of the molecule is CCNS(=O)(=O)c1ccc2[nH]c(=O)[nH]c2c1. The summed E-state index contributed by atoms with van der Waals surface area (Å²) in [5.74, 6) is 0. The molecular weight excluding hydrogens is 230 g/mol. The smallest absolute Gasteiger partial charge is 0.306 e. The minimum absolute atomic E-state index is 0.136. The van der Waals surface area contributed by atoms with Gasteiger partial charge in [0.1, 0.15) is 0 Å². The topological polar surface area (TPSA) is 94.8 Å². The molecule has 2 rings (SSSR count). The molecule has 0 saturated heterocycles. The van der Waals surface area contributed by atoms with E-state index in [1.807, 2.05) is 0 Å². The molecule has 1 heterocycles. The Kier molecular flexibility index (Phi) is 2.56. The first-order chi connectivity index (χ1) is 7.53. The third kappa shape index (κ3) is 1.86. The van der Waals surface area contributed by atoms with Crippen molar-refractivity contribution in [3.05, 3.63) is 28.7 Å². The summed E-state index contributed by atoms with van der Waals surface area (Å²) in [5, 5.41) is 0. The fourth-order valence-electron chi connectivity index (χ4n) is 1.45. The van der Waals surface area contributed by atoms with Crippen LogP contribution in [0.2, 0.25) is 0 Å². The third-order valence-corrected chi connectivity index (χ3v) is 3.68. The van der Waals surface area contributed by atoms with Crippen molar-refractivity contribution in [3.63, 3.8) is 0 Å². The van der Waals surface area contributed by atoms with E-state index < -0.39 is 10.0 Å². The summed E-state index contributed by atoms with van der Waals surface area (Å²) in [6.07, 6.45) is 0. The molecule has 1 aromatic heterocycles. The van der Waals surface area contributed by atoms with Gasteiger partial charge in [0.2, 0.25) is 10.0 Å². The number of hydrogen-bond acceptors (Lipinski definition) is 3. The van der Waals surface area contributed by atoms with Crippen LogP contribution in [0.25, 0.3) is 11.0 Å². The van der Waals surface area contributed by atoms with Crippen molar-refractivity contribution in [1.82, 2.24) is 14.7 Å². The fraction of sp³-hybridized carbons (Fsp3) is 0.222. The molecule has 0 atom stereocenters. The van der Waals surface area contributed by atoms with E-state index in [1.54, 1.807) is 13.0 Å². The summed E-state index contributed by atoms with van der Waals surface area (Å²) in [6, 6.07) is 4.42. The van der Waals surface area contributed by atoms with Gasteiger partial charge in [-0.05, 0) is 18.2 Å². The average Bonchev–Trinajstić information content (AvgIpc) is 2.56. The normalized spacial score (nSPS) is 12.1. The quantitative estimate of drug-likeness (QED) is 0.714. The lowest BCUT2D eigenvalue weighted by atomic mass is 10.3. The lowest BCUT2D eigenvalue weighted by Crippen LogP contribution is -2.22. The molecule has 6 nitrogen and oxygen atoms in total. The van der Waals surface area contributed by atoms with Crippen LogP contribution in [0, 0.1) is 0 Å². The van der Waals surface area contributed by atoms with Gasteiger partial charge < -0.3 is 9.97 Å². The van der Waals surface area contributed by atoms with Crippen LogP contribution < -0.4 is 10.4 Å². The summed E-state index contributed by atoms with van der Waals surface area (Å²) >= 11 is 0. The number of H-pyrrole nitrogens is 2. The first-order valence-corrected chi connectivity index (χ1v) is 6.23. The number of hydrogen-bond donors (Lipinski definition) is 3. The number of nitrogens with one attached hydrogen (secondary N) is 3. The summed E-state index contributed by atoms with van der Waals surface area (Å²) in [4.78, 5) is 16.2. The second-order valence-electron chi connectivity index (χ2n) is 3.29. The molecule has 0 unspecified atom stereocenters. The zero-order chi connectivity index (χ0) is 11.8. The molecule has 0 amide bonds. The highest BCUT2D eigenvalue weighted by Gasteiger charge is 2.13. The van der Waals surface area contributed by atoms with Gasteiger partial charge in [-0.2, -0.15) is 0 Å². The Labute approximate surface area is 91.7 Å². The third-order valence-electron chi connectivity index (χ3n) is 2.13. The van der Waals surface area contributed by atoms with Crippen LogP contribution in [0.1, 0.15) is 6.92 Å². The molecule has 16 heavy (non-hydrogen) atoms. The monoisotopic (exact) mass is 241 g/mol. The highest BCUT2D eigenvalue weighted by atomic mass is 32.2. The largest absolute Gasteiger partial charge is 0.323 e. The maximum atomic E-state index is 11.7. The number of benzene rings is 1. The molecule has 0 saturated carbocycles. The highest BCUT2D eigenvalue weighted by Crippen LogP contribution is 2.14. The van der Waals surface area contributed by atoms with Crippen molar-refractivity contribution >= 4 is 21.1 Å². The van der Waals surface area contributed by atoms with Crippen molar-refractivity contribution in [2.75, 3.05) is 6.54 Å². The summed E-state index contributed by atoms with van der Waals surface area (Å²) < 4.78 is 25.7. The molecule has 0 aliphatic rings. The van der Waals surface area contributed by atoms with Gasteiger partial charge in [0.05, 0.1) is 15.9 Å². The maximum Gasteiger partial charge on any atom is 0.323 e. The standard InChI is InChI=1S/C9H11N3O3S/c1-2-10-16(14,15)6-3-4-7-8(5-6)12-9(13)11-7/h3-5,10H,2H2,1H3,(H2,11,12,13). The lowest BCUT2D eigenvalue weighted by Gasteiger charge is -2.03. The number of fused-ring (bicyclic) bond motifs is 1.